The Kier molecular flexibility index (Phi) is 4.64. The summed E-state index contributed by atoms with van der Waals surface area (Å²) >= 11 is 0. The van der Waals surface area contributed by atoms with Crippen molar-refractivity contribution in [1.82, 2.24) is 5.32 Å². The molecular weight excluding hydrogens is 182 g/mol. The largest absolute Gasteiger partial charge is 0.314 e. The van der Waals surface area contributed by atoms with Crippen LogP contribution in [0.2, 0.25) is 0 Å². The van der Waals surface area contributed by atoms with Crippen molar-refractivity contribution in [3.05, 3.63) is 0 Å². The fraction of sp³-hybridized carbons (Fsp3) is 1.00. The molecular formula is C14H29N. The molecule has 1 rings (SSSR count). The highest BCUT2D eigenvalue weighted by atomic mass is 14.9. The van der Waals surface area contributed by atoms with Gasteiger partial charge in [-0.1, -0.05) is 34.6 Å². The van der Waals surface area contributed by atoms with Crippen molar-refractivity contribution in [3.8, 4) is 0 Å². The van der Waals surface area contributed by atoms with Gasteiger partial charge in [0, 0.05) is 6.04 Å². The third-order valence-corrected chi connectivity index (χ3v) is 3.55. The van der Waals surface area contributed by atoms with E-state index in [1.54, 1.807) is 0 Å². The van der Waals surface area contributed by atoms with Crippen LogP contribution in [-0.2, 0) is 0 Å². The van der Waals surface area contributed by atoms with Crippen LogP contribution in [0.5, 0.6) is 0 Å². The lowest BCUT2D eigenvalue weighted by molar-refractivity contribution is 0.312. The van der Waals surface area contributed by atoms with Gasteiger partial charge in [-0.2, -0.15) is 0 Å². The fourth-order valence-corrected chi connectivity index (χ4v) is 2.30. The Labute approximate surface area is 96.0 Å². The van der Waals surface area contributed by atoms with E-state index in [1.165, 1.54) is 32.2 Å². The molecule has 1 nitrogen and oxygen atoms in total. The lowest BCUT2D eigenvalue weighted by Gasteiger charge is -2.24. The van der Waals surface area contributed by atoms with Crippen LogP contribution in [0.15, 0.2) is 0 Å². The summed E-state index contributed by atoms with van der Waals surface area (Å²) < 4.78 is 0. The van der Waals surface area contributed by atoms with Crippen LogP contribution in [0.3, 0.4) is 0 Å². The Morgan fingerprint density at radius 3 is 2.33 bits per heavy atom. The molecule has 0 aromatic heterocycles. The van der Waals surface area contributed by atoms with Crippen LogP contribution < -0.4 is 5.32 Å². The Bertz CT molecular complexity index is 180. The minimum atomic E-state index is 0.490. The van der Waals surface area contributed by atoms with E-state index in [0.717, 1.165) is 17.9 Å². The molecule has 90 valence electrons. The Morgan fingerprint density at radius 1 is 1.33 bits per heavy atom. The first kappa shape index (κ1) is 13.0. The number of nitrogens with one attached hydrogen (secondary N) is 1. The predicted octanol–water partition coefficient (Wildman–Crippen LogP) is 3.84. The van der Waals surface area contributed by atoms with Crippen LogP contribution in [0.1, 0.15) is 60.3 Å². The molecule has 3 unspecified atom stereocenters. The van der Waals surface area contributed by atoms with Gasteiger partial charge in [0.2, 0.25) is 0 Å². The SMILES string of the molecule is CCCNC(CCC(C)(C)C)C1CC1C. The standard InChI is InChI=1S/C14H29N/c1-6-9-15-13(12-10-11(12)2)7-8-14(3,4)5/h11-13,15H,6-10H2,1-5H3. The normalized spacial score (nSPS) is 27.8. The summed E-state index contributed by atoms with van der Waals surface area (Å²) in [5.41, 5.74) is 0.490. The highest BCUT2D eigenvalue weighted by molar-refractivity contribution is 4.92. The topological polar surface area (TPSA) is 12.0 Å². The molecule has 1 N–H and O–H groups in total. The van der Waals surface area contributed by atoms with Crippen LogP contribution in [0, 0.1) is 17.3 Å². The van der Waals surface area contributed by atoms with E-state index >= 15 is 0 Å². The molecule has 0 saturated heterocycles. The molecule has 15 heavy (non-hydrogen) atoms. The van der Waals surface area contributed by atoms with Gasteiger partial charge < -0.3 is 5.32 Å². The molecule has 1 fully saturated rings. The molecule has 0 aromatic rings. The van der Waals surface area contributed by atoms with Gasteiger partial charge in [-0.3, -0.25) is 0 Å². The van der Waals surface area contributed by atoms with Gasteiger partial charge >= 0.3 is 0 Å². The molecule has 1 heteroatoms. The third-order valence-electron chi connectivity index (χ3n) is 3.55. The van der Waals surface area contributed by atoms with Crippen molar-refractivity contribution < 1.29 is 0 Å². The highest BCUT2D eigenvalue weighted by Crippen LogP contribution is 2.42. The van der Waals surface area contributed by atoms with Crippen LogP contribution in [-0.4, -0.2) is 12.6 Å². The van der Waals surface area contributed by atoms with E-state index in [2.05, 4.69) is 39.9 Å². The summed E-state index contributed by atoms with van der Waals surface area (Å²) in [7, 11) is 0. The van der Waals surface area contributed by atoms with E-state index in [1.807, 2.05) is 0 Å². The van der Waals surface area contributed by atoms with Gasteiger partial charge in [-0.25, -0.2) is 0 Å². The molecule has 0 heterocycles. The van der Waals surface area contributed by atoms with Gasteiger partial charge in [-0.05, 0) is 49.5 Å². The molecule has 0 radical (unpaired) electrons. The van der Waals surface area contributed by atoms with Crippen molar-refractivity contribution in [2.75, 3.05) is 6.54 Å². The van der Waals surface area contributed by atoms with Crippen molar-refractivity contribution in [2.45, 2.75) is 66.3 Å². The summed E-state index contributed by atoms with van der Waals surface area (Å²) in [6, 6.07) is 0.791. The van der Waals surface area contributed by atoms with Crippen LogP contribution in [0.4, 0.5) is 0 Å². The maximum Gasteiger partial charge on any atom is 0.00981 e. The lowest BCUT2D eigenvalue weighted by Crippen LogP contribution is -2.33. The fourth-order valence-electron chi connectivity index (χ4n) is 2.30. The molecule has 1 aliphatic carbocycles. The third kappa shape index (κ3) is 5.01. The zero-order valence-corrected chi connectivity index (χ0v) is 11.3. The van der Waals surface area contributed by atoms with Crippen molar-refractivity contribution in [1.29, 1.82) is 0 Å². The summed E-state index contributed by atoms with van der Waals surface area (Å²) in [5.74, 6) is 1.94. The summed E-state index contributed by atoms with van der Waals surface area (Å²) in [6.07, 6.45) is 5.41. The second-order valence-electron chi connectivity index (χ2n) is 6.54. The quantitative estimate of drug-likeness (QED) is 0.704. The first-order chi connectivity index (χ1) is 6.94. The summed E-state index contributed by atoms with van der Waals surface area (Å²) in [4.78, 5) is 0. The highest BCUT2D eigenvalue weighted by Gasteiger charge is 2.39. The lowest BCUT2D eigenvalue weighted by atomic mass is 9.87. The Balaban J connectivity index is 2.29. The minimum Gasteiger partial charge on any atom is -0.314 e. The molecule has 0 aliphatic heterocycles. The average molecular weight is 211 g/mol. The van der Waals surface area contributed by atoms with Gasteiger partial charge in [0.1, 0.15) is 0 Å². The maximum absolute atomic E-state index is 3.73. The van der Waals surface area contributed by atoms with Crippen LogP contribution in [0.25, 0.3) is 0 Å². The van der Waals surface area contributed by atoms with E-state index in [-0.39, 0.29) is 0 Å². The maximum atomic E-state index is 3.73. The number of hydrogen-bond acceptors (Lipinski definition) is 1. The first-order valence-corrected chi connectivity index (χ1v) is 6.67. The summed E-state index contributed by atoms with van der Waals surface area (Å²) in [5, 5.41) is 3.73. The minimum absolute atomic E-state index is 0.490. The first-order valence-electron chi connectivity index (χ1n) is 6.67. The van der Waals surface area contributed by atoms with E-state index in [0.29, 0.717) is 5.41 Å². The van der Waals surface area contributed by atoms with Crippen molar-refractivity contribution in [3.63, 3.8) is 0 Å². The smallest absolute Gasteiger partial charge is 0.00981 e. The van der Waals surface area contributed by atoms with Gasteiger partial charge in [-0.15, -0.1) is 0 Å². The average Bonchev–Trinajstić information content (AvgIpc) is 2.81. The Morgan fingerprint density at radius 2 is 1.93 bits per heavy atom. The monoisotopic (exact) mass is 211 g/mol. The number of rotatable bonds is 6. The van der Waals surface area contributed by atoms with E-state index < -0.39 is 0 Å². The molecule has 0 aromatic carbocycles. The molecule has 3 atom stereocenters. The van der Waals surface area contributed by atoms with Gasteiger partial charge in [0.15, 0.2) is 0 Å². The zero-order chi connectivity index (χ0) is 11.5. The predicted molar refractivity (Wildman–Crippen MR) is 68.0 cm³/mol. The zero-order valence-electron chi connectivity index (χ0n) is 11.3. The second kappa shape index (κ2) is 5.34. The summed E-state index contributed by atoms with van der Waals surface area (Å²) in [6.45, 7) is 12.9. The molecule has 0 bridgehead atoms. The molecule has 1 saturated carbocycles. The van der Waals surface area contributed by atoms with Crippen LogP contribution >= 0.6 is 0 Å². The van der Waals surface area contributed by atoms with E-state index in [9.17, 15) is 0 Å². The van der Waals surface area contributed by atoms with E-state index in [4.69, 9.17) is 0 Å². The van der Waals surface area contributed by atoms with Crippen molar-refractivity contribution in [2.24, 2.45) is 17.3 Å². The van der Waals surface area contributed by atoms with Crippen molar-refractivity contribution >= 4 is 0 Å². The molecule has 0 amide bonds. The Hall–Kier alpha value is -0.0400. The van der Waals surface area contributed by atoms with Gasteiger partial charge in [0.05, 0.1) is 0 Å². The van der Waals surface area contributed by atoms with Gasteiger partial charge in [0.25, 0.3) is 0 Å². The molecule has 1 aliphatic rings. The second-order valence-corrected chi connectivity index (χ2v) is 6.54. The number of hydrogen-bond donors (Lipinski definition) is 1. The molecule has 0 spiro atoms.